The van der Waals surface area contributed by atoms with E-state index >= 15 is 0 Å². The zero-order valence-electron chi connectivity index (χ0n) is 11.3. The van der Waals surface area contributed by atoms with Crippen molar-refractivity contribution < 1.29 is 17.2 Å². The normalized spacial score (nSPS) is 11.4. The molecule has 2 N–H and O–H groups in total. The molecule has 0 atom stereocenters. The molecule has 0 heterocycles. The third-order valence-corrected chi connectivity index (χ3v) is 5.44. The van der Waals surface area contributed by atoms with Gasteiger partial charge in [-0.15, -0.1) is 0 Å². The van der Waals surface area contributed by atoms with Crippen LogP contribution in [-0.2, 0) is 15.6 Å². The Bertz CT molecular complexity index is 851. The lowest BCUT2D eigenvalue weighted by Crippen LogP contribution is -2.09. The van der Waals surface area contributed by atoms with Gasteiger partial charge in [0.25, 0.3) is 0 Å². The van der Waals surface area contributed by atoms with Crippen LogP contribution in [0.2, 0.25) is 0 Å². The highest BCUT2D eigenvalue weighted by molar-refractivity contribution is 9.10. The maximum Gasteiger partial charge on any atom is 0.185 e. The number of hydrogen-bond acceptors (Lipinski definition) is 3. The van der Waals surface area contributed by atoms with Crippen LogP contribution in [0.4, 0.5) is 14.5 Å². The van der Waals surface area contributed by atoms with Crippen LogP contribution >= 0.6 is 15.9 Å². The van der Waals surface area contributed by atoms with Crippen LogP contribution in [0.15, 0.2) is 46.3 Å². The number of nitrogen functional groups attached to an aromatic ring is 1. The van der Waals surface area contributed by atoms with E-state index in [-0.39, 0.29) is 5.56 Å². The first-order valence-corrected chi connectivity index (χ1v) is 8.57. The SMILES string of the molecule is C=Cc1cc(S(=O)(=O)Cc2ccc(Br)c(N)c2)c(F)cc1F. The Morgan fingerprint density at radius 3 is 2.45 bits per heavy atom. The fourth-order valence-electron chi connectivity index (χ4n) is 1.92. The molecule has 0 aromatic heterocycles. The Morgan fingerprint density at radius 1 is 1.18 bits per heavy atom. The first-order valence-electron chi connectivity index (χ1n) is 6.12. The van der Waals surface area contributed by atoms with Crippen LogP contribution in [0, 0.1) is 11.6 Å². The van der Waals surface area contributed by atoms with Gasteiger partial charge in [0.05, 0.1) is 5.75 Å². The molecule has 0 aliphatic carbocycles. The van der Waals surface area contributed by atoms with Crippen molar-refractivity contribution in [1.29, 1.82) is 0 Å². The van der Waals surface area contributed by atoms with E-state index in [0.29, 0.717) is 21.8 Å². The van der Waals surface area contributed by atoms with Gasteiger partial charge in [0.2, 0.25) is 0 Å². The second-order valence-corrected chi connectivity index (χ2v) is 7.44. The van der Waals surface area contributed by atoms with Gasteiger partial charge in [0.15, 0.2) is 9.84 Å². The van der Waals surface area contributed by atoms with Crippen LogP contribution in [0.1, 0.15) is 11.1 Å². The Balaban J connectivity index is 2.46. The summed E-state index contributed by atoms with van der Waals surface area (Å²) in [6, 6.07) is 6.14. The number of hydrogen-bond donors (Lipinski definition) is 1. The topological polar surface area (TPSA) is 60.2 Å². The summed E-state index contributed by atoms with van der Waals surface area (Å²) in [4.78, 5) is -0.565. The average molecular weight is 388 g/mol. The predicted molar refractivity (Wildman–Crippen MR) is 85.9 cm³/mol. The summed E-state index contributed by atoms with van der Waals surface area (Å²) < 4.78 is 52.6. The molecule has 0 saturated carbocycles. The van der Waals surface area contributed by atoms with Gasteiger partial charge in [0, 0.05) is 21.8 Å². The number of nitrogens with two attached hydrogens (primary N) is 1. The van der Waals surface area contributed by atoms with Crippen LogP contribution in [0.5, 0.6) is 0 Å². The molecule has 0 fully saturated rings. The first kappa shape index (κ1) is 16.6. The van der Waals surface area contributed by atoms with E-state index in [4.69, 9.17) is 5.73 Å². The summed E-state index contributed by atoms with van der Waals surface area (Å²) in [5, 5.41) is 0. The fourth-order valence-corrected chi connectivity index (χ4v) is 3.60. The maximum atomic E-state index is 13.8. The highest BCUT2D eigenvalue weighted by atomic mass is 79.9. The van der Waals surface area contributed by atoms with E-state index in [1.807, 2.05) is 0 Å². The van der Waals surface area contributed by atoms with Crippen molar-refractivity contribution in [2.45, 2.75) is 10.6 Å². The molecule has 0 radical (unpaired) electrons. The van der Waals surface area contributed by atoms with Crippen LogP contribution < -0.4 is 5.73 Å². The van der Waals surface area contributed by atoms with E-state index in [0.717, 1.165) is 12.1 Å². The molecular weight excluding hydrogens is 376 g/mol. The predicted octanol–water partition coefficient (Wildman–Crippen LogP) is 3.93. The van der Waals surface area contributed by atoms with Crippen LogP contribution in [-0.4, -0.2) is 8.42 Å². The van der Waals surface area contributed by atoms with Gasteiger partial charge in [0.1, 0.15) is 16.5 Å². The van der Waals surface area contributed by atoms with Crippen molar-refractivity contribution in [3.63, 3.8) is 0 Å². The van der Waals surface area contributed by atoms with Gasteiger partial charge in [-0.2, -0.15) is 0 Å². The lowest BCUT2D eigenvalue weighted by atomic mass is 10.2. The van der Waals surface area contributed by atoms with Gasteiger partial charge < -0.3 is 5.73 Å². The second kappa shape index (κ2) is 6.18. The average Bonchev–Trinajstić information content (AvgIpc) is 2.42. The van der Waals surface area contributed by atoms with E-state index < -0.39 is 32.1 Å². The highest BCUT2D eigenvalue weighted by Gasteiger charge is 2.22. The van der Waals surface area contributed by atoms with Crippen molar-refractivity contribution in [2.24, 2.45) is 0 Å². The third-order valence-electron chi connectivity index (χ3n) is 3.02. The van der Waals surface area contributed by atoms with E-state index in [1.54, 1.807) is 12.1 Å². The molecule has 2 aromatic carbocycles. The van der Waals surface area contributed by atoms with Gasteiger partial charge in [-0.3, -0.25) is 0 Å². The molecule has 2 aromatic rings. The minimum atomic E-state index is -3.98. The van der Waals surface area contributed by atoms with Crippen molar-refractivity contribution in [3.8, 4) is 0 Å². The molecule has 0 aliphatic heterocycles. The van der Waals surface area contributed by atoms with E-state index in [2.05, 4.69) is 22.5 Å². The van der Waals surface area contributed by atoms with Gasteiger partial charge in [-0.05, 0) is 39.7 Å². The first-order chi connectivity index (χ1) is 10.2. The van der Waals surface area contributed by atoms with Crippen LogP contribution in [0.3, 0.4) is 0 Å². The molecule has 7 heteroatoms. The molecule has 0 unspecified atom stereocenters. The highest BCUT2D eigenvalue weighted by Crippen LogP contribution is 2.26. The summed E-state index contributed by atoms with van der Waals surface area (Å²) in [6.07, 6.45) is 1.13. The Labute approximate surface area is 135 Å². The molecule has 0 aliphatic rings. The zero-order chi connectivity index (χ0) is 16.5. The molecule has 0 spiro atoms. The van der Waals surface area contributed by atoms with Crippen molar-refractivity contribution >= 4 is 37.5 Å². The van der Waals surface area contributed by atoms with Crippen molar-refractivity contribution in [3.05, 3.63) is 64.1 Å². The van der Waals surface area contributed by atoms with Gasteiger partial charge >= 0.3 is 0 Å². The monoisotopic (exact) mass is 387 g/mol. The van der Waals surface area contributed by atoms with Crippen molar-refractivity contribution in [1.82, 2.24) is 0 Å². The Kier molecular flexibility index (Phi) is 4.67. The zero-order valence-corrected chi connectivity index (χ0v) is 13.7. The van der Waals surface area contributed by atoms with E-state index in [1.165, 1.54) is 6.07 Å². The largest absolute Gasteiger partial charge is 0.398 e. The molecule has 0 bridgehead atoms. The molecule has 0 amide bonds. The maximum absolute atomic E-state index is 13.8. The van der Waals surface area contributed by atoms with E-state index in [9.17, 15) is 17.2 Å². The lowest BCUT2D eigenvalue weighted by Gasteiger charge is -2.09. The summed E-state index contributed by atoms with van der Waals surface area (Å²) in [5.74, 6) is -2.43. The standard InChI is InChI=1S/C15H12BrF2NO2S/c1-2-10-6-15(13(18)7-12(10)17)22(20,21)8-9-3-4-11(16)14(19)5-9/h2-7H,1,8,19H2. The number of halogens is 3. The second-order valence-electron chi connectivity index (χ2n) is 4.62. The number of benzene rings is 2. The molecular formula is C15H12BrF2NO2S. The molecule has 2 rings (SSSR count). The number of anilines is 1. The summed E-state index contributed by atoms with van der Waals surface area (Å²) in [6.45, 7) is 3.37. The lowest BCUT2D eigenvalue weighted by molar-refractivity contribution is 0.548. The molecule has 22 heavy (non-hydrogen) atoms. The molecule has 0 saturated heterocycles. The number of rotatable bonds is 4. The number of sulfone groups is 1. The minimum Gasteiger partial charge on any atom is -0.398 e. The van der Waals surface area contributed by atoms with Crippen molar-refractivity contribution in [2.75, 3.05) is 5.73 Å². The van der Waals surface area contributed by atoms with Gasteiger partial charge in [-0.1, -0.05) is 18.7 Å². The minimum absolute atomic E-state index is 0.0738. The summed E-state index contributed by atoms with van der Waals surface area (Å²) >= 11 is 3.21. The smallest absolute Gasteiger partial charge is 0.185 e. The van der Waals surface area contributed by atoms with Crippen LogP contribution in [0.25, 0.3) is 6.08 Å². The molecule has 116 valence electrons. The Hall–Kier alpha value is -1.73. The Morgan fingerprint density at radius 2 is 1.86 bits per heavy atom. The molecule has 3 nitrogen and oxygen atoms in total. The summed E-state index contributed by atoms with van der Waals surface area (Å²) in [7, 11) is -3.98. The quantitative estimate of drug-likeness (QED) is 0.638. The van der Waals surface area contributed by atoms with Gasteiger partial charge in [-0.25, -0.2) is 17.2 Å². The fraction of sp³-hybridized carbons (Fsp3) is 0.0667. The third kappa shape index (κ3) is 3.36. The summed E-state index contributed by atoms with van der Waals surface area (Å²) in [5.41, 5.74) is 6.40.